The highest BCUT2D eigenvalue weighted by atomic mass is 16.1. The van der Waals surface area contributed by atoms with Gasteiger partial charge >= 0.3 is 0 Å². The maximum atomic E-state index is 13.0. The van der Waals surface area contributed by atoms with Gasteiger partial charge in [-0.1, -0.05) is 38.8 Å². The number of hydrogen-bond donors (Lipinski definition) is 0. The molecule has 1 aromatic carbocycles. The molecule has 1 fully saturated rings. The van der Waals surface area contributed by atoms with E-state index in [1.54, 1.807) is 0 Å². The molecular formula is C22H27N3O. The molecule has 0 spiro atoms. The van der Waals surface area contributed by atoms with E-state index in [0.29, 0.717) is 12.0 Å². The highest BCUT2D eigenvalue weighted by Crippen LogP contribution is 2.35. The van der Waals surface area contributed by atoms with Gasteiger partial charge in [0.15, 0.2) is 5.78 Å². The van der Waals surface area contributed by atoms with Gasteiger partial charge in [-0.05, 0) is 44.2 Å². The van der Waals surface area contributed by atoms with Gasteiger partial charge in [0.25, 0.3) is 0 Å². The van der Waals surface area contributed by atoms with Crippen molar-refractivity contribution < 1.29 is 4.79 Å². The first-order valence-electron chi connectivity index (χ1n) is 9.74. The Bertz CT molecular complexity index is 822. The SMILES string of the molecule is CCc1c(-c2ccc(C#N)cc2)nn(C(C)CC)c1C(=O)CCC1CC1. The van der Waals surface area contributed by atoms with E-state index in [1.165, 1.54) is 12.8 Å². The Kier molecular flexibility index (Phi) is 5.56. The molecule has 0 saturated heterocycles. The van der Waals surface area contributed by atoms with Crippen molar-refractivity contribution in [3.05, 3.63) is 41.1 Å². The van der Waals surface area contributed by atoms with E-state index in [2.05, 4.69) is 26.8 Å². The lowest BCUT2D eigenvalue weighted by Crippen LogP contribution is -2.15. The monoisotopic (exact) mass is 349 g/mol. The van der Waals surface area contributed by atoms with Gasteiger partial charge in [-0.25, -0.2) is 0 Å². The molecule has 2 aromatic rings. The minimum Gasteiger partial charge on any atom is -0.292 e. The Balaban J connectivity index is 2.03. The third kappa shape index (κ3) is 3.72. The van der Waals surface area contributed by atoms with E-state index < -0.39 is 0 Å². The molecule has 1 aromatic heterocycles. The van der Waals surface area contributed by atoms with Gasteiger partial charge in [0.2, 0.25) is 0 Å². The Labute approximate surface area is 155 Å². The maximum Gasteiger partial charge on any atom is 0.181 e. The van der Waals surface area contributed by atoms with Gasteiger partial charge < -0.3 is 0 Å². The van der Waals surface area contributed by atoms with E-state index in [1.807, 2.05) is 28.9 Å². The fraction of sp³-hybridized carbons (Fsp3) is 0.500. The number of Topliss-reactive ketones (excluding diaryl/α,β-unsaturated/α-hetero) is 1. The van der Waals surface area contributed by atoms with Gasteiger partial charge in [0, 0.05) is 23.6 Å². The molecule has 1 unspecified atom stereocenters. The van der Waals surface area contributed by atoms with E-state index in [9.17, 15) is 4.79 Å². The zero-order chi connectivity index (χ0) is 18.7. The largest absolute Gasteiger partial charge is 0.292 e. The van der Waals surface area contributed by atoms with Crippen LogP contribution in [-0.4, -0.2) is 15.6 Å². The van der Waals surface area contributed by atoms with Crippen LogP contribution in [0.5, 0.6) is 0 Å². The summed E-state index contributed by atoms with van der Waals surface area (Å²) in [6.07, 6.45) is 5.87. The Morgan fingerprint density at radius 3 is 2.54 bits per heavy atom. The fourth-order valence-electron chi connectivity index (χ4n) is 3.39. The first kappa shape index (κ1) is 18.4. The lowest BCUT2D eigenvalue weighted by atomic mass is 9.99. The van der Waals surface area contributed by atoms with Crippen LogP contribution in [0.3, 0.4) is 0 Å². The van der Waals surface area contributed by atoms with Crippen LogP contribution in [-0.2, 0) is 6.42 Å². The fourth-order valence-corrected chi connectivity index (χ4v) is 3.39. The molecule has 1 aliphatic carbocycles. The molecule has 0 N–H and O–H groups in total. The Morgan fingerprint density at radius 1 is 1.31 bits per heavy atom. The van der Waals surface area contributed by atoms with Crippen LogP contribution in [0.4, 0.5) is 0 Å². The summed E-state index contributed by atoms with van der Waals surface area (Å²) in [5.41, 5.74) is 4.32. The summed E-state index contributed by atoms with van der Waals surface area (Å²) in [5, 5.41) is 13.9. The van der Waals surface area contributed by atoms with Gasteiger partial charge in [-0.2, -0.15) is 10.4 Å². The molecule has 1 heterocycles. The Morgan fingerprint density at radius 2 is 2.00 bits per heavy atom. The molecule has 0 bridgehead atoms. The van der Waals surface area contributed by atoms with Crippen LogP contribution in [0, 0.1) is 17.2 Å². The molecule has 1 saturated carbocycles. The van der Waals surface area contributed by atoms with E-state index >= 15 is 0 Å². The predicted molar refractivity (Wildman–Crippen MR) is 103 cm³/mol. The standard InChI is InChI=1S/C22H27N3O/c1-4-15(3)25-22(20(26)13-10-16-6-7-16)19(5-2)21(24-25)18-11-8-17(14-23)9-12-18/h8-9,11-12,15-16H,4-7,10,13H2,1-3H3. The third-order valence-corrected chi connectivity index (χ3v) is 5.40. The lowest BCUT2D eigenvalue weighted by Gasteiger charge is -2.14. The summed E-state index contributed by atoms with van der Waals surface area (Å²) in [6.45, 7) is 6.33. The average Bonchev–Trinajstić information content (AvgIpc) is 3.43. The molecule has 1 atom stereocenters. The van der Waals surface area contributed by atoms with Crippen molar-refractivity contribution in [3.63, 3.8) is 0 Å². The summed E-state index contributed by atoms with van der Waals surface area (Å²) in [5.74, 6) is 0.975. The molecule has 1 aliphatic rings. The minimum atomic E-state index is 0.187. The predicted octanol–water partition coefficient (Wildman–Crippen LogP) is 5.33. The quantitative estimate of drug-likeness (QED) is 0.605. The second-order valence-electron chi connectivity index (χ2n) is 7.33. The highest BCUT2D eigenvalue weighted by Gasteiger charge is 2.27. The van der Waals surface area contributed by atoms with Crippen LogP contribution >= 0.6 is 0 Å². The van der Waals surface area contributed by atoms with Gasteiger partial charge in [-0.3, -0.25) is 9.48 Å². The number of hydrogen-bond acceptors (Lipinski definition) is 3. The number of benzene rings is 1. The highest BCUT2D eigenvalue weighted by molar-refractivity contribution is 5.97. The molecule has 0 aliphatic heterocycles. The van der Waals surface area contributed by atoms with Crippen molar-refractivity contribution in [1.82, 2.24) is 9.78 Å². The number of rotatable bonds is 8. The normalized spacial score (nSPS) is 14.8. The molecule has 3 rings (SSSR count). The Hall–Kier alpha value is -2.41. The molecule has 136 valence electrons. The lowest BCUT2D eigenvalue weighted by molar-refractivity contribution is 0.0964. The summed E-state index contributed by atoms with van der Waals surface area (Å²) in [7, 11) is 0. The van der Waals surface area contributed by atoms with E-state index in [4.69, 9.17) is 10.4 Å². The van der Waals surface area contributed by atoms with Gasteiger partial charge in [0.1, 0.15) is 5.69 Å². The number of aromatic nitrogens is 2. The van der Waals surface area contributed by atoms with Crippen LogP contribution in [0.25, 0.3) is 11.3 Å². The van der Waals surface area contributed by atoms with Crippen molar-refractivity contribution in [1.29, 1.82) is 5.26 Å². The van der Waals surface area contributed by atoms with Crippen LogP contribution in [0.15, 0.2) is 24.3 Å². The summed E-state index contributed by atoms with van der Waals surface area (Å²) >= 11 is 0. The van der Waals surface area contributed by atoms with Crippen molar-refractivity contribution >= 4 is 5.78 Å². The first-order valence-corrected chi connectivity index (χ1v) is 9.74. The number of carbonyl (C=O) groups is 1. The van der Waals surface area contributed by atoms with Crippen molar-refractivity contribution in [2.45, 2.75) is 65.3 Å². The number of carbonyl (C=O) groups excluding carboxylic acids is 1. The first-order chi connectivity index (χ1) is 12.6. The molecule has 4 heteroatoms. The molecule has 26 heavy (non-hydrogen) atoms. The van der Waals surface area contributed by atoms with Crippen LogP contribution in [0.2, 0.25) is 0 Å². The molecular weight excluding hydrogens is 322 g/mol. The topological polar surface area (TPSA) is 58.7 Å². The number of nitrogens with zero attached hydrogens (tertiary/aromatic N) is 3. The second-order valence-corrected chi connectivity index (χ2v) is 7.33. The van der Waals surface area contributed by atoms with E-state index in [0.717, 1.165) is 47.7 Å². The van der Waals surface area contributed by atoms with Gasteiger partial charge in [0.05, 0.1) is 17.3 Å². The minimum absolute atomic E-state index is 0.187. The van der Waals surface area contributed by atoms with Crippen LogP contribution in [0.1, 0.15) is 80.5 Å². The number of ketones is 1. The summed E-state index contributed by atoms with van der Waals surface area (Å²) in [4.78, 5) is 13.0. The van der Waals surface area contributed by atoms with Crippen molar-refractivity contribution in [2.24, 2.45) is 5.92 Å². The zero-order valence-electron chi connectivity index (χ0n) is 16.0. The summed E-state index contributed by atoms with van der Waals surface area (Å²) in [6, 6.07) is 9.82. The average molecular weight is 349 g/mol. The molecule has 0 radical (unpaired) electrons. The number of nitriles is 1. The van der Waals surface area contributed by atoms with E-state index in [-0.39, 0.29) is 11.8 Å². The third-order valence-electron chi connectivity index (χ3n) is 5.40. The van der Waals surface area contributed by atoms with Crippen LogP contribution < -0.4 is 0 Å². The summed E-state index contributed by atoms with van der Waals surface area (Å²) < 4.78 is 1.95. The maximum absolute atomic E-state index is 13.0. The van der Waals surface area contributed by atoms with Crippen molar-refractivity contribution in [3.8, 4) is 17.3 Å². The molecule has 4 nitrogen and oxygen atoms in total. The smallest absolute Gasteiger partial charge is 0.181 e. The zero-order valence-corrected chi connectivity index (χ0v) is 16.0. The van der Waals surface area contributed by atoms with Crippen molar-refractivity contribution in [2.75, 3.05) is 0 Å². The van der Waals surface area contributed by atoms with Gasteiger partial charge in [-0.15, -0.1) is 0 Å². The second kappa shape index (κ2) is 7.86. The molecule has 0 amide bonds.